The van der Waals surface area contributed by atoms with Gasteiger partial charge in [-0.15, -0.1) is 0 Å². The van der Waals surface area contributed by atoms with Crippen LogP contribution in [0.3, 0.4) is 0 Å². The molecule has 1 heterocycles. The van der Waals surface area contributed by atoms with Gasteiger partial charge in [0, 0.05) is 18.8 Å². The summed E-state index contributed by atoms with van der Waals surface area (Å²) in [6.07, 6.45) is 1.05. The Morgan fingerprint density at radius 3 is 2.58 bits per heavy atom. The van der Waals surface area contributed by atoms with Gasteiger partial charge >= 0.3 is 12.0 Å². The zero-order chi connectivity index (χ0) is 13.8. The van der Waals surface area contributed by atoms with Crippen molar-refractivity contribution in [3.05, 3.63) is 29.8 Å². The number of nitrogens with zero attached hydrogens (tertiary/aromatic N) is 1. The van der Waals surface area contributed by atoms with Gasteiger partial charge in [-0.2, -0.15) is 0 Å². The molecule has 1 aromatic carbocycles. The minimum atomic E-state index is -0.765. The standard InChI is InChI=1S/C14H18N2O3/c1-10-3-2-4-12(9-10)15-14(19)16-7-5-11(6-8-16)13(17)18/h2-4,9,11H,5-8H2,1H3,(H,15,19)(H,17,18). The number of carbonyl (C=O) groups is 2. The molecule has 1 aliphatic rings. The monoisotopic (exact) mass is 262 g/mol. The summed E-state index contributed by atoms with van der Waals surface area (Å²) in [6, 6.07) is 7.45. The van der Waals surface area contributed by atoms with Crippen molar-refractivity contribution < 1.29 is 14.7 Å². The molecular weight excluding hydrogens is 244 g/mol. The van der Waals surface area contributed by atoms with Crippen LogP contribution in [0.15, 0.2) is 24.3 Å². The summed E-state index contributed by atoms with van der Waals surface area (Å²) in [4.78, 5) is 24.5. The van der Waals surface area contributed by atoms with Gasteiger partial charge in [0.05, 0.1) is 5.92 Å². The van der Waals surface area contributed by atoms with Gasteiger partial charge in [-0.3, -0.25) is 4.79 Å². The maximum Gasteiger partial charge on any atom is 0.321 e. The Kier molecular flexibility index (Phi) is 4.04. The van der Waals surface area contributed by atoms with Crippen molar-refractivity contribution >= 4 is 17.7 Å². The molecule has 0 aliphatic carbocycles. The van der Waals surface area contributed by atoms with E-state index in [4.69, 9.17) is 5.11 Å². The van der Waals surface area contributed by atoms with Crippen LogP contribution in [0.4, 0.5) is 10.5 Å². The first kappa shape index (κ1) is 13.4. The number of likely N-dealkylation sites (tertiary alicyclic amines) is 1. The third-order valence-corrected chi connectivity index (χ3v) is 3.40. The van der Waals surface area contributed by atoms with Crippen molar-refractivity contribution in [2.75, 3.05) is 18.4 Å². The highest BCUT2D eigenvalue weighted by molar-refractivity contribution is 5.89. The molecule has 19 heavy (non-hydrogen) atoms. The number of hydrogen-bond acceptors (Lipinski definition) is 2. The molecule has 1 saturated heterocycles. The number of anilines is 1. The molecular formula is C14H18N2O3. The number of nitrogens with one attached hydrogen (secondary N) is 1. The summed E-state index contributed by atoms with van der Waals surface area (Å²) >= 11 is 0. The van der Waals surface area contributed by atoms with Crippen LogP contribution >= 0.6 is 0 Å². The molecule has 2 rings (SSSR count). The van der Waals surface area contributed by atoms with Crippen molar-refractivity contribution in [3.8, 4) is 0 Å². The first-order valence-electron chi connectivity index (χ1n) is 6.41. The molecule has 0 aromatic heterocycles. The molecule has 2 amide bonds. The SMILES string of the molecule is Cc1cccc(NC(=O)N2CCC(C(=O)O)CC2)c1. The van der Waals surface area contributed by atoms with E-state index in [0.717, 1.165) is 11.3 Å². The molecule has 0 atom stereocenters. The highest BCUT2D eigenvalue weighted by Crippen LogP contribution is 2.18. The van der Waals surface area contributed by atoms with Gasteiger partial charge in [-0.05, 0) is 37.5 Å². The molecule has 2 N–H and O–H groups in total. The summed E-state index contributed by atoms with van der Waals surface area (Å²) in [5.41, 5.74) is 1.85. The van der Waals surface area contributed by atoms with E-state index >= 15 is 0 Å². The van der Waals surface area contributed by atoms with E-state index in [-0.39, 0.29) is 11.9 Å². The minimum absolute atomic E-state index is 0.158. The predicted octanol–water partition coefficient (Wildman–Crippen LogP) is 2.32. The summed E-state index contributed by atoms with van der Waals surface area (Å²) in [6.45, 7) is 2.96. The second-order valence-corrected chi connectivity index (χ2v) is 4.90. The molecule has 0 radical (unpaired) electrons. The smallest absolute Gasteiger partial charge is 0.321 e. The molecule has 0 saturated carbocycles. The van der Waals surface area contributed by atoms with E-state index in [1.165, 1.54) is 0 Å². The number of amides is 2. The largest absolute Gasteiger partial charge is 0.481 e. The minimum Gasteiger partial charge on any atom is -0.481 e. The Labute approximate surface area is 112 Å². The number of carboxylic acids is 1. The number of urea groups is 1. The lowest BCUT2D eigenvalue weighted by atomic mass is 9.97. The average molecular weight is 262 g/mol. The Morgan fingerprint density at radius 1 is 1.32 bits per heavy atom. The molecule has 102 valence electrons. The molecule has 0 bridgehead atoms. The third kappa shape index (κ3) is 3.47. The second-order valence-electron chi connectivity index (χ2n) is 4.90. The highest BCUT2D eigenvalue weighted by atomic mass is 16.4. The van der Waals surface area contributed by atoms with Gasteiger partial charge in [0.2, 0.25) is 0 Å². The zero-order valence-electron chi connectivity index (χ0n) is 10.9. The Hall–Kier alpha value is -2.04. The maximum absolute atomic E-state index is 12.0. The number of carbonyl (C=O) groups excluding carboxylic acids is 1. The Balaban J connectivity index is 1.90. The summed E-state index contributed by atoms with van der Waals surface area (Å²) in [7, 11) is 0. The number of hydrogen-bond donors (Lipinski definition) is 2. The van der Waals surface area contributed by atoms with Crippen molar-refractivity contribution in [1.29, 1.82) is 0 Å². The van der Waals surface area contributed by atoms with E-state index in [9.17, 15) is 9.59 Å². The number of piperidine rings is 1. The lowest BCUT2D eigenvalue weighted by molar-refractivity contribution is -0.143. The summed E-state index contributed by atoms with van der Waals surface area (Å²) in [5, 5.41) is 11.7. The van der Waals surface area contributed by atoms with Crippen molar-refractivity contribution in [1.82, 2.24) is 4.90 Å². The lowest BCUT2D eigenvalue weighted by Gasteiger charge is -2.30. The van der Waals surface area contributed by atoms with Crippen LogP contribution in [0.5, 0.6) is 0 Å². The fraction of sp³-hybridized carbons (Fsp3) is 0.429. The van der Waals surface area contributed by atoms with Crippen molar-refractivity contribution in [2.45, 2.75) is 19.8 Å². The van der Waals surface area contributed by atoms with E-state index in [2.05, 4.69) is 5.32 Å². The van der Waals surface area contributed by atoms with Crippen LogP contribution in [0.2, 0.25) is 0 Å². The first-order chi connectivity index (χ1) is 9.06. The number of rotatable bonds is 2. The van der Waals surface area contributed by atoms with Crippen molar-refractivity contribution in [3.63, 3.8) is 0 Å². The van der Waals surface area contributed by atoms with Gasteiger partial charge in [-0.25, -0.2) is 4.79 Å². The number of carboxylic acid groups (broad SMARTS) is 1. The van der Waals surface area contributed by atoms with Crippen LogP contribution < -0.4 is 5.32 Å². The van der Waals surface area contributed by atoms with Crippen LogP contribution in [0.1, 0.15) is 18.4 Å². The van der Waals surface area contributed by atoms with Gasteiger partial charge in [0.25, 0.3) is 0 Å². The maximum atomic E-state index is 12.0. The van der Waals surface area contributed by atoms with Gasteiger partial charge in [-0.1, -0.05) is 12.1 Å². The molecule has 0 unspecified atom stereocenters. The van der Waals surface area contributed by atoms with Crippen LogP contribution in [0.25, 0.3) is 0 Å². The first-order valence-corrected chi connectivity index (χ1v) is 6.41. The van der Waals surface area contributed by atoms with Gasteiger partial charge in [0.15, 0.2) is 0 Å². The molecule has 5 heteroatoms. The Bertz CT molecular complexity index is 479. The molecule has 1 aromatic rings. The quantitative estimate of drug-likeness (QED) is 0.859. The number of aryl methyl sites for hydroxylation is 1. The molecule has 1 fully saturated rings. The van der Waals surface area contributed by atoms with E-state index in [1.807, 2.05) is 31.2 Å². The lowest BCUT2D eigenvalue weighted by Crippen LogP contribution is -2.42. The fourth-order valence-corrected chi connectivity index (χ4v) is 2.25. The molecule has 5 nitrogen and oxygen atoms in total. The van der Waals surface area contributed by atoms with Crippen LogP contribution in [0, 0.1) is 12.8 Å². The van der Waals surface area contributed by atoms with Crippen LogP contribution in [-0.2, 0) is 4.79 Å². The Morgan fingerprint density at radius 2 is 2.00 bits per heavy atom. The average Bonchev–Trinajstić information content (AvgIpc) is 2.39. The van der Waals surface area contributed by atoms with Crippen molar-refractivity contribution in [2.24, 2.45) is 5.92 Å². The number of benzene rings is 1. The van der Waals surface area contributed by atoms with E-state index < -0.39 is 5.97 Å². The fourth-order valence-electron chi connectivity index (χ4n) is 2.25. The number of aliphatic carboxylic acids is 1. The van der Waals surface area contributed by atoms with Gasteiger partial charge in [0.1, 0.15) is 0 Å². The van der Waals surface area contributed by atoms with Crippen LogP contribution in [-0.4, -0.2) is 35.1 Å². The normalized spacial score (nSPS) is 16.2. The topological polar surface area (TPSA) is 69.6 Å². The third-order valence-electron chi connectivity index (χ3n) is 3.40. The van der Waals surface area contributed by atoms with E-state index in [1.54, 1.807) is 4.90 Å². The zero-order valence-corrected chi connectivity index (χ0v) is 10.9. The van der Waals surface area contributed by atoms with Gasteiger partial charge < -0.3 is 15.3 Å². The predicted molar refractivity (Wildman–Crippen MR) is 72.1 cm³/mol. The summed E-state index contributed by atoms with van der Waals surface area (Å²) < 4.78 is 0. The molecule has 1 aliphatic heterocycles. The molecule has 0 spiro atoms. The highest BCUT2D eigenvalue weighted by Gasteiger charge is 2.26. The van der Waals surface area contributed by atoms with E-state index in [0.29, 0.717) is 25.9 Å². The second kappa shape index (κ2) is 5.73. The summed E-state index contributed by atoms with van der Waals surface area (Å²) in [5.74, 6) is -1.08.